The number of carbonyl (C=O) groups excluding carboxylic acids is 2. The van der Waals surface area contributed by atoms with E-state index in [4.69, 9.17) is 4.74 Å². The van der Waals surface area contributed by atoms with Crippen molar-refractivity contribution >= 4 is 28.8 Å². The molecule has 156 valence electrons. The van der Waals surface area contributed by atoms with Crippen LogP contribution in [0.2, 0.25) is 0 Å². The van der Waals surface area contributed by atoms with Gasteiger partial charge in [-0.3, -0.25) is 14.5 Å². The zero-order valence-electron chi connectivity index (χ0n) is 17.0. The number of likely N-dealkylation sites (N-methyl/N-ethyl adjacent to an activating group) is 1. The molecule has 30 heavy (non-hydrogen) atoms. The van der Waals surface area contributed by atoms with Crippen molar-refractivity contribution in [3.05, 3.63) is 82.6 Å². The Morgan fingerprint density at radius 2 is 1.77 bits per heavy atom. The zero-order chi connectivity index (χ0) is 21.3. The van der Waals surface area contributed by atoms with Crippen molar-refractivity contribution in [1.82, 2.24) is 10.2 Å². The predicted octanol–water partition coefficient (Wildman–Crippen LogP) is 3.53. The highest BCUT2D eigenvalue weighted by molar-refractivity contribution is 7.10. The maximum absolute atomic E-state index is 12.7. The molecule has 6 nitrogen and oxygen atoms in total. The lowest BCUT2D eigenvalue weighted by molar-refractivity contribution is -0.123. The van der Waals surface area contributed by atoms with E-state index < -0.39 is 0 Å². The third kappa shape index (κ3) is 6.17. The van der Waals surface area contributed by atoms with E-state index in [1.807, 2.05) is 53.9 Å². The highest BCUT2D eigenvalue weighted by Gasteiger charge is 2.19. The van der Waals surface area contributed by atoms with Crippen molar-refractivity contribution in [2.45, 2.75) is 6.04 Å². The molecule has 0 aliphatic rings. The Kier molecular flexibility index (Phi) is 7.59. The minimum Gasteiger partial charge on any atom is -0.497 e. The molecule has 2 aromatic carbocycles. The molecular weight excluding hydrogens is 398 g/mol. The Bertz CT molecular complexity index is 961. The van der Waals surface area contributed by atoms with Crippen LogP contribution in [0.4, 0.5) is 5.69 Å². The van der Waals surface area contributed by atoms with Crippen LogP contribution in [0.3, 0.4) is 0 Å². The molecule has 0 radical (unpaired) electrons. The monoisotopic (exact) mass is 423 g/mol. The number of nitrogens with one attached hydrogen (secondary N) is 2. The number of anilines is 1. The number of methoxy groups -OCH3 is 1. The normalized spacial score (nSPS) is 11.7. The summed E-state index contributed by atoms with van der Waals surface area (Å²) in [6.07, 6.45) is 0. The summed E-state index contributed by atoms with van der Waals surface area (Å²) in [4.78, 5) is 27.7. The molecule has 2 amide bonds. The summed E-state index contributed by atoms with van der Waals surface area (Å²) in [6.45, 7) is 0.208. The minimum absolute atomic E-state index is 0.0969. The SMILES string of the molecule is COc1cccc(NC(=O)CN(C)CC(=O)N[C@@H](c2ccccc2)c2cccs2)c1. The average Bonchev–Trinajstić information content (AvgIpc) is 3.27. The molecule has 3 aromatic rings. The second-order valence-corrected chi connectivity index (χ2v) is 7.86. The number of hydrogen-bond acceptors (Lipinski definition) is 5. The lowest BCUT2D eigenvalue weighted by atomic mass is 10.1. The van der Waals surface area contributed by atoms with Crippen LogP contribution >= 0.6 is 11.3 Å². The van der Waals surface area contributed by atoms with E-state index in [2.05, 4.69) is 10.6 Å². The number of rotatable bonds is 9. The minimum atomic E-state index is -0.210. The van der Waals surface area contributed by atoms with E-state index in [0.717, 1.165) is 10.4 Å². The van der Waals surface area contributed by atoms with Gasteiger partial charge in [-0.2, -0.15) is 0 Å². The first-order valence-electron chi connectivity index (χ1n) is 9.55. The summed E-state index contributed by atoms with van der Waals surface area (Å²) in [5.41, 5.74) is 1.67. The van der Waals surface area contributed by atoms with Gasteiger partial charge in [0, 0.05) is 16.6 Å². The molecule has 2 N–H and O–H groups in total. The molecule has 0 spiro atoms. The maximum Gasteiger partial charge on any atom is 0.238 e. The van der Waals surface area contributed by atoms with E-state index in [9.17, 15) is 9.59 Å². The molecule has 3 rings (SSSR count). The van der Waals surface area contributed by atoms with Gasteiger partial charge in [-0.15, -0.1) is 11.3 Å². The average molecular weight is 424 g/mol. The lowest BCUT2D eigenvalue weighted by Crippen LogP contribution is -2.40. The summed E-state index contributed by atoms with van der Waals surface area (Å²) < 4.78 is 5.16. The van der Waals surface area contributed by atoms with E-state index in [-0.39, 0.29) is 30.9 Å². The molecule has 0 unspecified atom stereocenters. The Labute approximate surface area is 180 Å². The van der Waals surface area contributed by atoms with Crippen LogP contribution in [0.15, 0.2) is 72.1 Å². The van der Waals surface area contributed by atoms with Gasteiger partial charge in [0.25, 0.3) is 0 Å². The first kappa shape index (κ1) is 21.5. The van der Waals surface area contributed by atoms with Crippen molar-refractivity contribution in [2.24, 2.45) is 0 Å². The lowest BCUT2D eigenvalue weighted by Gasteiger charge is -2.21. The number of thiophene rings is 1. The number of nitrogens with zero attached hydrogens (tertiary/aromatic N) is 1. The van der Waals surface area contributed by atoms with Crippen molar-refractivity contribution in [1.29, 1.82) is 0 Å². The van der Waals surface area contributed by atoms with Gasteiger partial charge in [0.1, 0.15) is 5.75 Å². The van der Waals surface area contributed by atoms with Crippen LogP contribution in [0.1, 0.15) is 16.5 Å². The number of benzene rings is 2. The summed E-state index contributed by atoms with van der Waals surface area (Å²) >= 11 is 1.60. The third-order valence-corrected chi connectivity index (χ3v) is 5.38. The van der Waals surface area contributed by atoms with Crippen LogP contribution < -0.4 is 15.4 Å². The molecule has 0 saturated heterocycles. The molecule has 7 heteroatoms. The fourth-order valence-corrected chi connectivity index (χ4v) is 3.88. The highest BCUT2D eigenvalue weighted by Crippen LogP contribution is 2.25. The van der Waals surface area contributed by atoms with E-state index in [1.165, 1.54) is 0 Å². The number of amides is 2. The Morgan fingerprint density at radius 1 is 1.00 bits per heavy atom. The summed E-state index contributed by atoms with van der Waals surface area (Å²) in [7, 11) is 3.32. The van der Waals surface area contributed by atoms with Crippen LogP contribution in [-0.4, -0.2) is 44.0 Å². The highest BCUT2D eigenvalue weighted by atomic mass is 32.1. The molecule has 0 aliphatic carbocycles. The van der Waals surface area contributed by atoms with Gasteiger partial charge in [-0.25, -0.2) is 0 Å². The smallest absolute Gasteiger partial charge is 0.238 e. The molecular formula is C23H25N3O3S. The second-order valence-electron chi connectivity index (χ2n) is 6.88. The fraction of sp³-hybridized carbons (Fsp3) is 0.217. The first-order chi connectivity index (χ1) is 14.5. The molecule has 1 aromatic heterocycles. The van der Waals surface area contributed by atoms with E-state index >= 15 is 0 Å². The largest absolute Gasteiger partial charge is 0.497 e. The third-order valence-electron chi connectivity index (χ3n) is 4.45. The van der Waals surface area contributed by atoms with Gasteiger partial charge in [0.15, 0.2) is 0 Å². The molecule has 0 fully saturated rings. The fourth-order valence-electron chi connectivity index (χ4n) is 3.07. The number of ether oxygens (including phenoxy) is 1. The van der Waals surface area contributed by atoms with Gasteiger partial charge in [0.2, 0.25) is 11.8 Å². The van der Waals surface area contributed by atoms with Crippen molar-refractivity contribution in [3.8, 4) is 5.75 Å². The molecule has 1 atom stereocenters. The molecule has 0 bridgehead atoms. The molecule has 0 saturated carbocycles. The van der Waals surface area contributed by atoms with Crippen LogP contribution in [0, 0.1) is 0 Å². The van der Waals surface area contributed by atoms with Gasteiger partial charge in [-0.1, -0.05) is 42.5 Å². The van der Waals surface area contributed by atoms with Gasteiger partial charge in [-0.05, 0) is 36.2 Å². The summed E-state index contributed by atoms with van der Waals surface area (Å²) in [6, 6.07) is 20.8. The van der Waals surface area contributed by atoms with E-state index in [0.29, 0.717) is 11.4 Å². The van der Waals surface area contributed by atoms with Crippen LogP contribution in [0.25, 0.3) is 0 Å². The Hall–Kier alpha value is -3.16. The van der Waals surface area contributed by atoms with Crippen molar-refractivity contribution in [3.63, 3.8) is 0 Å². The van der Waals surface area contributed by atoms with Crippen LogP contribution in [-0.2, 0) is 9.59 Å². The molecule has 0 aliphatic heterocycles. The Morgan fingerprint density at radius 3 is 2.47 bits per heavy atom. The Balaban J connectivity index is 1.55. The topological polar surface area (TPSA) is 70.7 Å². The second kappa shape index (κ2) is 10.6. The summed E-state index contributed by atoms with van der Waals surface area (Å²) in [5.74, 6) is 0.325. The standard InChI is InChI=1S/C23H25N3O3S/c1-26(15-21(27)24-18-10-6-11-19(14-18)29-2)16-22(28)25-23(20-12-7-13-30-20)17-8-4-3-5-9-17/h3-14,23H,15-16H2,1-2H3,(H,24,27)(H,25,28)/t23-/m0/s1. The maximum atomic E-state index is 12.7. The van der Waals surface area contributed by atoms with Gasteiger partial charge in [0.05, 0.1) is 26.2 Å². The first-order valence-corrected chi connectivity index (χ1v) is 10.4. The predicted molar refractivity (Wildman–Crippen MR) is 120 cm³/mol. The van der Waals surface area contributed by atoms with Crippen molar-refractivity contribution < 1.29 is 14.3 Å². The number of carbonyl (C=O) groups is 2. The molecule has 1 heterocycles. The summed E-state index contributed by atoms with van der Waals surface area (Å²) in [5, 5.41) is 7.90. The number of hydrogen-bond donors (Lipinski definition) is 2. The van der Waals surface area contributed by atoms with Gasteiger partial charge < -0.3 is 15.4 Å². The van der Waals surface area contributed by atoms with Crippen LogP contribution in [0.5, 0.6) is 5.75 Å². The van der Waals surface area contributed by atoms with Crippen molar-refractivity contribution in [2.75, 3.05) is 32.6 Å². The van der Waals surface area contributed by atoms with Gasteiger partial charge >= 0.3 is 0 Å². The van der Waals surface area contributed by atoms with E-state index in [1.54, 1.807) is 48.6 Å². The quantitative estimate of drug-likeness (QED) is 0.552. The zero-order valence-corrected chi connectivity index (χ0v) is 17.8.